The molecule has 1 aliphatic carbocycles. The first-order valence-electron chi connectivity index (χ1n) is 13.0. The molecular weight excluding hydrogens is 561 g/mol. The first-order chi connectivity index (χ1) is 19.2. The Morgan fingerprint density at radius 2 is 1.78 bits per heavy atom. The molecule has 41 heavy (non-hydrogen) atoms. The van der Waals surface area contributed by atoms with Crippen molar-refractivity contribution in [2.75, 3.05) is 19.3 Å². The Bertz CT molecular complexity index is 1700. The number of amides is 1. The monoisotopic (exact) mass is 590 g/mol. The van der Waals surface area contributed by atoms with E-state index < -0.39 is 27.5 Å². The molecule has 6 rings (SSSR count). The zero-order chi connectivity index (χ0) is 29.6. The van der Waals surface area contributed by atoms with Crippen LogP contribution in [0.15, 0.2) is 48.7 Å². The molecule has 0 unspecified atom stereocenters. The summed E-state index contributed by atoms with van der Waals surface area (Å²) in [4.78, 5) is 18.5. The number of carbonyl (C=O) groups is 1. The normalized spacial score (nSPS) is 16.8. The Kier molecular flexibility index (Phi) is 7.47. The molecule has 2 aliphatic rings. The molecule has 1 aliphatic heterocycles. The number of aliphatic hydroxyl groups is 1. The fraction of sp³-hybridized carbons (Fsp3) is 0.357. The third-order valence-corrected chi connectivity index (χ3v) is 7.60. The number of aromatic amines is 2. The van der Waals surface area contributed by atoms with Crippen molar-refractivity contribution >= 4 is 26.9 Å². The first-order valence-corrected chi connectivity index (χ1v) is 14.9. The van der Waals surface area contributed by atoms with Crippen LogP contribution in [0.3, 0.4) is 0 Å². The van der Waals surface area contributed by atoms with E-state index in [1.54, 1.807) is 11.0 Å². The minimum absolute atomic E-state index is 0.145. The molecule has 9 nitrogen and oxygen atoms in total. The summed E-state index contributed by atoms with van der Waals surface area (Å²) in [6.07, 6.45) is 1.27. The number of piperidine rings is 1. The SMILES string of the molecule is CS(=O)(=O)O.O=C(c1ccc2[nH]c3c(c2c1)CCCc1cn[nH]c1-3)N1CCC(O)(c2cccc(C(F)(F)F)c2)CC1. The van der Waals surface area contributed by atoms with Crippen LogP contribution in [0.5, 0.6) is 0 Å². The number of alkyl halides is 3. The second-order valence-corrected chi connectivity index (χ2v) is 12.0. The second kappa shape index (κ2) is 10.6. The van der Waals surface area contributed by atoms with Gasteiger partial charge in [0, 0.05) is 29.6 Å². The van der Waals surface area contributed by atoms with Gasteiger partial charge in [-0.15, -0.1) is 0 Å². The topological polar surface area (TPSA) is 139 Å². The van der Waals surface area contributed by atoms with E-state index in [1.807, 2.05) is 18.3 Å². The summed E-state index contributed by atoms with van der Waals surface area (Å²) >= 11 is 0. The number of aromatic nitrogens is 3. The van der Waals surface area contributed by atoms with Crippen molar-refractivity contribution in [2.24, 2.45) is 0 Å². The standard InChI is InChI=1S/C27H25F3N4O2.CH4O3S/c28-27(29,30)19-5-2-4-18(14-19)26(36)9-11-34(12-10-26)25(35)16-7-8-22-21(13-16)20-6-1-3-17-15-31-33-23(17)24(20)32-22;1-5(2,3)4/h2,4-5,7-8,13-15,32,36H,1,3,6,9-12H2,(H,31,33);1H3,(H,2,3,4). The van der Waals surface area contributed by atoms with Crippen LogP contribution in [0.25, 0.3) is 22.3 Å². The number of halogens is 3. The maximum Gasteiger partial charge on any atom is 0.416 e. The van der Waals surface area contributed by atoms with Gasteiger partial charge in [-0.05, 0) is 79.1 Å². The average Bonchev–Trinajstić information content (AvgIpc) is 3.47. The number of aryl methyl sites for hydroxylation is 2. The maximum atomic E-state index is 13.4. The molecule has 2 aromatic heterocycles. The molecular formula is C28H29F3N4O5S. The summed E-state index contributed by atoms with van der Waals surface area (Å²) in [5.74, 6) is -0.145. The first kappa shape index (κ1) is 28.8. The molecule has 0 saturated carbocycles. The van der Waals surface area contributed by atoms with Crippen LogP contribution in [0.1, 0.15) is 51.9 Å². The lowest BCUT2D eigenvalue weighted by Gasteiger charge is -2.38. The molecule has 1 fully saturated rings. The van der Waals surface area contributed by atoms with Crippen molar-refractivity contribution in [3.05, 3.63) is 76.5 Å². The smallest absolute Gasteiger partial charge is 0.385 e. The molecule has 2 aromatic carbocycles. The minimum Gasteiger partial charge on any atom is -0.385 e. The molecule has 0 atom stereocenters. The Balaban J connectivity index is 0.000000623. The van der Waals surface area contributed by atoms with Crippen LogP contribution >= 0.6 is 0 Å². The number of hydrogen-bond donors (Lipinski definition) is 4. The molecule has 1 saturated heterocycles. The average molecular weight is 591 g/mol. The number of likely N-dealkylation sites (tertiary alicyclic amines) is 1. The molecule has 4 aromatic rings. The van der Waals surface area contributed by atoms with Crippen LogP contribution in [0, 0.1) is 0 Å². The Labute approximate surface area is 234 Å². The number of nitrogens with one attached hydrogen (secondary N) is 2. The van der Waals surface area contributed by atoms with E-state index >= 15 is 0 Å². The van der Waals surface area contributed by atoms with Gasteiger partial charge in [-0.3, -0.25) is 14.4 Å². The van der Waals surface area contributed by atoms with E-state index in [4.69, 9.17) is 4.55 Å². The predicted molar refractivity (Wildman–Crippen MR) is 146 cm³/mol. The van der Waals surface area contributed by atoms with E-state index in [9.17, 15) is 31.5 Å². The van der Waals surface area contributed by atoms with Gasteiger partial charge in [0.05, 0.1) is 35.0 Å². The van der Waals surface area contributed by atoms with Crippen molar-refractivity contribution in [1.82, 2.24) is 20.1 Å². The van der Waals surface area contributed by atoms with E-state index in [0.29, 0.717) is 11.8 Å². The number of nitrogens with zero attached hydrogens (tertiary/aromatic N) is 2. The van der Waals surface area contributed by atoms with Crippen molar-refractivity contribution in [1.29, 1.82) is 0 Å². The van der Waals surface area contributed by atoms with Gasteiger partial charge in [-0.25, -0.2) is 0 Å². The quantitative estimate of drug-likeness (QED) is 0.250. The Hall–Kier alpha value is -3.68. The molecule has 1 amide bonds. The van der Waals surface area contributed by atoms with E-state index in [2.05, 4.69) is 15.2 Å². The van der Waals surface area contributed by atoms with Gasteiger partial charge in [-0.1, -0.05) is 12.1 Å². The number of rotatable bonds is 2. The van der Waals surface area contributed by atoms with Crippen LogP contribution in [-0.4, -0.2) is 63.4 Å². The van der Waals surface area contributed by atoms with Gasteiger partial charge < -0.3 is 15.0 Å². The number of carbonyl (C=O) groups excluding carboxylic acids is 1. The fourth-order valence-corrected chi connectivity index (χ4v) is 5.56. The zero-order valence-corrected chi connectivity index (χ0v) is 22.9. The Morgan fingerprint density at radius 1 is 1.07 bits per heavy atom. The van der Waals surface area contributed by atoms with Gasteiger partial charge in [0.15, 0.2) is 0 Å². The van der Waals surface area contributed by atoms with Gasteiger partial charge >= 0.3 is 6.18 Å². The molecule has 4 N–H and O–H groups in total. The molecule has 3 heterocycles. The highest BCUT2D eigenvalue weighted by atomic mass is 32.2. The maximum absolute atomic E-state index is 13.4. The van der Waals surface area contributed by atoms with Crippen molar-refractivity contribution in [3.63, 3.8) is 0 Å². The van der Waals surface area contributed by atoms with Gasteiger partial charge in [0.2, 0.25) is 0 Å². The molecule has 0 radical (unpaired) electrons. The van der Waals surface area contributed by atoms with Crippen LogP contribution in [0.4, 0.5) is 13.2 Å². The summed E-state index contributed by atoms with van der Waals surface area (Å²) in [6.45, 7) is 0.513. The lowest BCUT2D eigenvalue weighted by atomic mass is 9.83. The third kappa shape index (κ3) is 6.16. The highest BCUT2D eigenvalue weighted by Gasteiger charge is 2.38. The van der Waals surface area contributed by atoms with Crippen molar-refractivity contribution in [2.45, 2.75) is 43.9 Å². The zero-order valence-electron chi connectivity index (χ0n) is 22.1. The van der Waals surface area contributed by atoms with Gasteiger partial charge in [0.25, 0.3) is 16.0 Å². The highest BCUT2D eigenvalue weighted by molar-refractivity contribution is 7.85. The fourth-order valence-electron chi connectivity index (χ4n) is 5.56. The van der Waals surface area contributed by atoms with E-state index in [1.165, 1.54) is 23.3 Å². The van der Waals surface area contributed by atoms with Gasteiger partial charge in [-0.2, -0.15) is 26.7 Å². The number of benzene rings is 2. The Morgan fingerprint density at radius 3 is 2.46 bits per heavy atom. The molecule has 0 bridgehead atoms. The summed E-state index contributed by atoms with van der Waals surface area (Å²) < 4.78 is 65.3. The number of hydrogen-bond acceptors (Lipinski definition) is 5. The minimum atomic E-state index is -4.48. The van der Waals surface area contributed by atoms with Crippen LogP contribution in [0.2, 0.25) is 0 Å². The highest BCUT2D eigenvalue weighted by Crippen LogP contribution is 2.38. The third-order valence-electron chi connectivity index (χ3n) is 7.60. The van der Waals surface area contributed by atoms with Crippen molar-refractivity contribution < 1.29 is 36.0 Å². The summed E-state index contributed by atoms with van der Waals surface area (Å²) in [5.41, 5.74) is 3.92. The predicted octanol–water partition coefficient (Wildman–Crippen LogP) is 4.69. The van der Waals surface area contributed by atoms with E-state index in [-0.39, 0.29) is 37.4 Å². The molecule has 13 heteroatoms. The lowest BCUT2D eigenvalue weighted by molar-refractivity contribution is -0.137. The largest absolute Gasteiger partial charge is 0.416 e. The lowest BCUT2D eigenvalue weighted by Crippen LogP contribution is -2.45. The van der Waals surface area contributed by atoms with Crippen molar-refractivity contribution in [3.8, 4) is 11.4 Å². The van der Waals surface area contributed by atoms with E-state index in [0.717, 1.165) is 53.7 Å². The second-order valence-electron chi connectivity index (χ2n) is 10.5. The molecule has 0 spiro atoms. The molecule has 218 valence electrons. The summed E-state index contributed by atoms with van der Waals surface area (Å²) in [6, 6.07) is 10.5. The summed E-state index contributed by atoms with van der Waals surface area (Å²) in [7, 11) is -3.67. The summed E-state index contributed by atoms with van der Waals surface area (Å²) in [5, 5.41) is 19.4. The van der Waals surface area contributed by atoms with Crippen LogP contribution in [-0.2, 0) is 34.7 Å². The van der Waals surface area contributed by atoms with Crippen LogP contribution < -0.4 is 0 Å². The number of fused-ring (bicyclic) bond motifs is 5. The number of H-pyrrole nitrogens is 2. The van der Waals surface area contributed by atoms with Gasteiger partial charge in [0.1, 0.15) is 0 Å².